The zero-order chi connectivity index (χ0) is 12.8. The largest absolute Gasteiger partial charge is 0.330 e. The Kier molecular flexibility index (Phi) is 5.29. The summed E-state index contributed by atoms with van der Waals surface area (Å²) in [6, 6.07) is 18.8. The number of halogens is 1. The van der Waals surface area contributed by atoms with Gasteiger partial charge >= 0.3 is 0 Å². The third-order valence-corrected chi connectivity index (χ3v) is 5.02. The molecule has 0 heterocycles. The number of benzene rings is 2. The summed E-state index contributed by atoms with van der Waals surface area (Å²) in [5.41, 5.74) is 7.20. The lowest BCUT2D eigenvalue weighted by Crippen LogP contribution is -2.14. The van der Waals surface area contributed by atoms with Crippen LogP contribution in [0, 0.1) is 0 Å². The highest BCUT2D eigenvalue weighted by atomic mass is 79.9. The molecule has 0 radical (unpaired) electrons. The van der Waals surface area contributed by atoms with Crippen molar-refractivity contribution in [3.05, 3.63) is 64.6 Å². The van der Waals surface area contributed by atoms with E-state index in [1.54, 1.807) is 0 Å². The van der Waals surface area contributed by atoms with Gasteiger partial charge < -0.3 is 5.73 Å². The van der Waals surface area contributed by atoms with Crippen molar-refractivity contribution in [3.8, 4) is 0 Å². The minimum atomic E-state index is 0.406. The van der Waals surface area contributed by atoms with Gasteiger partial charge in [0, 0.05) is 21.0 Å². The summed E-state index contributed by atoms with van der Waals surface area (Å²) in [6.45, 7) is 0.682. The van der Waals surface area contributed by atoms with Crippen LogP contribution in [0.4, 0.5) is 0 Å². The first-order valence-electron chi connectivity index (χ1n) is 5.93. The third kappa shape index (κ3) is 3.61. The average Bonchev–Trinajstić information content (AvgIpc) is 2.42. The minimum absolute atomic E-state index is 0.406. The van der Waals surface area contributed by atoms with Crippen LogP contribution >= 0.6 is 27.7 Å². The Labute approximate surface area is 121 Å². The quantitative estimate of drug-likeness (QED) is 0.831. The van der Waals surface area contributed by atoms with E-state index in [-0.39, 0.29) is 0 Å². The molecular weight excluding hydrogens is 306 g/mol. The normalized spacial score (nSPS) is 12.3. The molecule has 0 aromatic heterocycles. The van der Waals surface area contributed by atoms with E-state index in [4.69, 9.17) is 5.73 Å². The molecule has 1 atom stereocenters. The minimum Gasteiger partial charge on any atom is -0.330 e. The summed E-state index contributed by atoms with van der Waals surface area (Å²) in [6.07, 6.45) is 0. The Balaban J connectivity index is 2.02. The molecule has 0 amide bonds. The lowest BCUT2D eigenvalue weighted by molar-refractivity contribution is 0.785. The number of hydrogen-bond donors (Lipinski definition) is 1. The molecule has 1 unspecified atom stereocenters. The van der Waals surface area contributed by atoms with Crippen LogP contribution in [0.5, 0.6) is 0 Å². The van der Waals surface area contributed by atoms with Gasteiger partial charge in [-0.2, -0.15) is 0 Å². The zero-order valence-electron chi connectivity index (χ0n) is 10.1. The second-order valence-electron chi connectivity index (χ2n) is 4.08. The molecule has 0 saturated heterocycles. The van der Waals surface area contributed by atoms with Crippen LogP contribution in [-0.4, -0.2) is 12.3 Å². The van der Waals surface area contributed by atoms with Crippen LogP contribution in [-0.2, 0) is 0 Å². The van der Waals surface area contributed by atoms with Crippen LogP contribution in [0.3, 0.4) is 0 Å². The van der Waals surface area contributed by atoms with E-state index >= 15 is 0 Å². The first kappa shape index (κ1) is 13.7. The maximum absolute atomic E-state index is 5.88. The monoisotopic (exact) mass is 321 g/mol. The summed E-state index contributed by atoms with van der Waals surface area (Å²) in [7, 11) is 0. The molecule has 3 heteroatoms. The first-order valence-corrected chi connectivity index (χ1v) is 7.71. The van der Waals surface area contributed by atoms with Crippen molar-refractivity contribution in [2.24, 2.45) is 5.73 Å². The molecular formula is C15H16BrNS. The van der Waals surface area contributed by atoms with Gasteiger partial charge in [-0.05, 0) is 40.2 Å². The van der Waals surface area contributed by atoms with Gasteiger partial charge in [0.2, 0.25) is 0 Å². The molecule has 18 heavy (non-hydrogen) atoms. The fourth-order valence-electron chi connectivity index (χ4n) is 1.78. The summed E-state index contributed by atoms with van der Waals surface area (Å²) in [5.74, 6) is 1.41. The lowest BCUT2D eigenvalue weighted by atomic mass is 10.0. The maximum Gasteiger partial charge on any atom is 0.0311 e. The fraction of sp³-hybridized carbons (Fsp3) is 0.200. The van der Waals surface area contributed by atoms with Gasteiger partial charge in [0.1, 0.15) is 0 Å². The Hall–Kier alpha value is -0.770. The van der Waals surface area contributed by atoms with Crippen molar-refractivity contribution in [2.45, 2.75) is 10.8 Å². The molecule has 0 aliphatic heterocycles. The molecule has 0 aliphatic carbocycles. The van der Waals surface area contributed by atoms with E-state index in [1.807, 2.05) is 23.9 Å². The van der Waals surface area contributed by atoms with Crippen molar-refractivity contribution in [3.63, 3.8) is 0 Å². The van der Waals surface area contributed by atoms with Crippen molar-refractivity contribution in [1.82, 2.24) is 0 Å². The highest BCUT2D eigenvalue weighted by Gasteiger charge is 2.10. The molecule has 0 saturated carbocycles. The summed E-state index contributed by atoms with van der Waals surface area (Å²) >= 11 is 5.42. The fourth-order valence-corrected chi connectivity index (χ4v) is 3.50. The van der Waals surface area contributed by atoms with Crippen molar-refractivity contribution >= 4 is 27.7 Å². The SMILES string of the molecule is NCC(CSc1ccccc1Br)c1ccccc1. The second-order valence-corrected chi connectivity index (χ2v) is 6.00. The predicted molar refractivity (Wildman–Crippen MR) is 83.1 cm³/mol. The second kappa shape index (κ2) is 6.98. The molecule has 2 N–H and O–H groups in total. The van der Waals surface area contributed by atoms with Crippen molar-refractivity contribution in [2.75, 3.05) is 12.3 Å². The van der Waals surface area contributed by atoms with Gasteiger partial charge in [0.15, 0.2) is 0 Å². The molecule has 2 rings (SSSR count). The number of rotatable bonds is 5. The molecule has 2 aromatic rings. The van der Waals surface area contributed by atoms with Crippen LogP contribution in [0.1, 0.15) is 11.5 Å². The Morgan fingerprint density at radius 1 is 1.00 bits per heavy atom. The van der Waals surface area contributed by atoms with Gasteiger partial charge in [-0.3, -0.25) is 0 Å². The summed E-state index contributed by atoms with van der Waals surface area (Å²) in [4.78, 5) is 1.27. The van der Waals surface area contributed by atoms with Crippen LogP contribution in [0.25, 0.3) is 0 Å². The van der Waals surface area contributed by atoms with Gasteiger partial charge in [-0.15, -0.1) is 11.8 Å². The number of nitrogens with two attached hydrogens (primary N) is 1. The summed E-state index contributed by atoms with van der Waals surface area (Å²) in [5, 5.41) is 0. The predicted octanol–water partition coefficient (Wildman–Crippen LogP) is 4.28. The highest BCUT2D eigenvalue weighted by molar-refractivity contribution is 9.10. The van der Waals surface area contributed by atoms with E-state index < -0.39 is 0 Å². The lowest BCUT2D eigenvalue weighted by Gasteiger charge is -2.15. The first-order chi connectivity index (χ1) is 8.81. The van der Waals surface area contributed by atoms with E-state index in [0.717, 1.165) is 10.2 Å². The molecule has 2 aromatic carbocycles. The van der Waals surface area contributed by atoms with Crippen LogP contribution in [0.15, 0.2) is 64.0 Å². The van der Waals surface area contributed by atoms with Crippen LogP contribution in [0.2, 0.25) is 0 Å². The molecule has 0 bridgehead atoms. The van der Waals surface area contributed by atoms with Crippen LogP contribution < -0.4 is 5.73 Å². The molecule has 0 aliphatic rings. The van der Waals surface area contributed by atoms with Gasteiger partial charge in [-0.25, -0.2) is 0 Å². The standard InChI is InChI=1S/C15H16BrNS/c16-14-8-4-5-9-15(14)18-11-13(10-17)12-6-2-1-3-7-12/h1-9,13H,10-11,17H2. The van der Waals surface area contributed by atoms with Crippen molar-refractivity contribution < 1.29 is 0 Å². The van der Waals surface area contributed by atoms with Gasteiger partial charge in [-0.1, -0.05) is 42.5 Å². The van der Waals surface area contributed by atoms with E-state index in [9.17, 15) is 0 Å². The Morgan fingerprint density at radius 2 is 1.67 bits per heavy atom. The molecule has 0 fully saturated rings. The highest BCUT2D eigenvalue weighted by Crippen LogP contribution is 2.30. The topological polar surface area (TPSA) is 26.0 Å². The van der Waals surface area contributed by atoms with E-state index in [2.05, 4.69) is 58.4 Å². The molecule has 1 nitrogen and oxygen atoms in total. The number of hydrogen-bond acceptors (Lipinski definition) is 2. The van der Waals surface area contributed by atoms with E-state index in [0.29, 0.717) is 12.5 Å². The van der Waals surface area contributed by atoms with Gasteiger partial charge in [0.05, 0.1) is 0 Å². The average molecular weight is 322 g/mol. The third-order valence-electron chi connectivity index (χ3n) is 2.83. The van der Waals surface area contributed by atoms with E-state index in [1.165, 1.54) is 10.5 Å². The smallest absolute Gasteiger partial charge is 0.0311 e. The molecule has 94 valence electrons. The summed E-state index contributed by atoms with van der Waals surface area (Å²) < 4.78 is 1.15. The molecule has 0 spiro atoms. The maximum atomic E-state index is 5.88. The number of thioether (sulfide) groups is 1. The Bertz CT molecular complexity index is 487. The van der Waals surface area contributed by atoms with Crippen molar-refractivity contribution in [1.29, 1.82) is 0 Å². The zero-order valence-corrected chi connectivity index (χ0v) is 12.5. The Morgan fingerprint density at radius 3 is 2.33 bits per heavy atom. The van der Waals surface area contributed by atoms with Gasteiger partial charge in [0.25, 0.3) is 0 Å².